The normalized spacial score (nSPS) is 36.6. The van der Waals surface area contributed by atoms with Crippen LogP contribution in [0.3, 0.4) is 0 Å². The molecule has 0 spiro atoms. The van der Waals surface area contributed by atoms with Gasteiger partial charge < -0.3 is 9.84 Å². The van der Waals surface area contributed by atoms with Crippen molar-refractivity contribution < 1.29 is 14.1 Å². The molecule has 110 valence electrons. The molecule has 3 rings (SSSR count). The zero-order valence-electron chi connectivity index (χ0n) is 11.7. The predicted molar refractivity (Wildman–Crippen MR) is 78.1 cm³/mol. The first-order valence-corrected chi connectivity index (χ1v) is 8.61. The van der Waals surface area contributed by atoms with E-state index in [1.807, 2.05) is 13.0 Å². The van der Waals surface area contributed by atoms with Crippen molar-refractivity contribution in [2.75, 3.05) is 6.61 Å². The molecule has 2 atom stereocenters. The third-order valence-electron chi connectivity index (χ3n) is 4.41. The van der Waals surface area contributed by atoms with E-state index < -0.39 is 16.4 Å². The number of aliphatic hydroxyl groups is 1. The number of hydrogen-bond donors (Lipinski definition) is 1. The lowest BCUT2D eigenvalue weighted by Crippen LogP contribution is -2.47. The Bertz CT molecular complexity index is 486. The van der Waals surface area contributed by atoms with E-state index in [2.05, 4.69) is 4.98 Å². The second kappa shape index (κ2) is 5.45. The second-order valence-electron chi connectivity index (χ2n) is 5.76. The number of fused-ring (bicyclic) bond motifs is 2. The van der Waals surface area contributed by atoms with Gasteiger partial charge in [0.05, 0.1) is 12.2 Å². The van der Waals surface area contributed by atoms with E-state index in [-0.39, 0.29) is 10.5 Å². The molecule has 0 aromatic carbocycles. The average Bonchev–Trinajstić information content (AvgIpc) is 2.42. The highest BCUT2D eigenvalue weighted by atomic mass is 32.2. The van der Waals surface area contributed by atoms with Crippen molar-refractivity contribution in [2.45, 2.75) is 55.1 Å². The summed E-state index contributed by atoms with van der Waals surface area (Å²) in [6.07, 6.45) is 5.96. The van der Waals surface area contributed by atoms with E-state index in [0.29, 0.717) is 25.3 Å². The zero-order chi connectivity index (χ0) is 14.2. The number of ether oxygens (including phenoxy) is 1. The Kier molecular flexibility index (Phi) is 3.82. The molecule has 2 aliphatic rings. The maximum atomic E-state index is 12.2. The highest BCUT2D eigenvalue weighted by Gasteiger charge is 2.46. The van der Waals surface area contributed by atoms with Crippen LogP contribution in [0.2, 0.25) is 0 Å². The Hall–Kier alpha value is -0.940. The van der Waals surface area contributed by atoms with Gasteiger partial charge in [0.2, 0.25) is 5.88 Å². The molecule has 5 heteroatoms. The van der Waals surface area contributed by atoms with Gasteiger partial charge in [0.15, 0.2) is 0 Å². The fraction of sp³-hybridized carbons (Fsp3) is 0.667. The Labute approximate surface area is 122 Å². The summed E-state index contributed by atoms with van der Waals surface area (Å²) >= 11 is 0. The standard InChI is InChI=1S/C15H21NO3S/c1-2-19-14-7-6-11(10-16-14)15(17)8-12-4-3-5-13(9-15)20(12)18/h6-7,10,12-13,17H,2-5,8-9H2,1H3. The maximum Gasteiger partial charge on any atom is 0.213 e. The third-order valence-corrected chi connectivity index (χ3v) is 6.52. The summed E-state index contributed by atoms with van der Waals surface area (Å²) in [4.78, 5) is 4.24. The van der Waals surface area contributed by atoms with Crippen molar-refractivity contribution in [1.82, 2.24) is 4.98 Å². The lowest BCUT2D eigenvalue weighted by molar-refractivity contribution is 0.00617. The number of pyridine rings is 1. The molecule has 2 bridgehead atoms. The maximum absolute atomic E-state index is 12.2. The molecule has 1 N–H and O–H groups in total. The molecular formula is C15H21NO3S. The molecule has 2 unspecified atom stereocenters. The van der Waals surface area contributed by atoms with Gasteiger partial charge in [-0.3, -0.25) is 4.21 Å². The molecule has 4 nitrogen and oxygen atoms in total. The Morgan fingerprint density at radius 1 is 1.40 bits per heavy atom. The number of rotatable bonds is 3. The molecule has 0 saturated carbocycles. The quantitative estimate of drug-likeness (QED) is 0.928. The average molecular weight is 295 g/mol. The highest BCUT2D eigenvalue weighted by Crippen LogP contribution is 2.44. The van der Waals surface area contributed by atoms with Crippen molar-refractivity contribution in [3.8, 4) is 5.88 Å². The summed E-state index contributed by atoms with van der Waals surface area (Å²) < 4.78 is 17.6. The molecule has 0 amide bonds. The van der Waals surface area contributed by atoms with Crippen molar-refractivity contribution >= 4 is 10.8 Å². The van der Waals surface area contributed by atoms with Crippen molar-refractivity contribution in [1.29, 1.82) is 0 Å². The van der Waals surface area contributed by atoms with Gasteiger partial charge in [0.25, 0.3) is 0 Å². The van der Waals surface area contributed by atoms with Gasteiger partial charge in [-0.05, 0) is 38.7 Å². The van der Waals surface area contributed by atoms with Crippen molar-refractivity contribution in [2.24, 2.45) is 0 Å². The summed E-state index contributed by atoms with van der Waals surface area (Å²) in [6, 6.07) is 3.69. The Morgan fingerprint density at radius 2 is 2.10 bits per heavy atom. The van der Waals surface area contributed by atoms with Crippen LogP contribution in [0.5, 0.6) is 5.88 Å². The van der Waals surface area contributed by atoms with Crippen LogP contribution in [0, 0.1) is 0 Å². The van der Waals surface area contributed by atoms with Crippen LogP contribution in [0.4, 0.5) is 0 Å². The van der Waals surface area contributed by atoms with Gasteiger partial charge in [-0.2, -0.15) is 0 Å². The van der Waals surface area contributed by atoms with E-state index in [0.717, 1.165) is 24.8 Å². The molecular weight excluding hydrogens is 274 g/mol. The number of hydrogen-bond acceptors (Lipinski definition) is 4. The Morgan fingerprint density at radius 3 is 2.65 bits per heavy atom. The zero-order valence-corrected chi connectivity index (χ0v) is 12.6. The van der Waals surface area contributed by atoms with E-state index in [1.165, 1.54) is 0 Å². The van der Waals surface area contributed by atoms with Crippen LogP contribution >= 0.6 is 0 Å². The van der Waals surface area contributed by atoms with Crippen LogP contribution in [0.1, 0.15) is 44.6 Å². The SMILES string of the molecule is CCOc1ccc(C2(O)CC3CCCC(C2)S3=O)cn1. The van der Waals surface area contributed by atoms with Gasteiger partial charge in [-0.15, -0.1) is 0 Å². The third kappa shape index (κ3) is 2.49. The van der Waals surface area contributed by atoms with Gasteiger partial charge in [-0.25, -0.2) is 4.98 Å². The van der Waals surface area contributed by atoms with Gasteiger partial charge in [-0.1, -0.05) is 6.42 Å². The summed E-state index contributed by atoms with van der Waals surface area (Å²) in [5, 5.41) is 11.2. The molecule has 1 aromatic heterocycles. The van der Waals surface area contributed by atoms with Gasteiger partial charge in [0, 0.05) is 39.1 Å². The van der Waals surface area contributed by atoms with Crippen LogP contribution in [-0.4, -0.2) is 31.4 Å². The van der Waals surface area contributed by atoms with Gasteiger partial charge in [0.1, 0.15) is 0 Å². The fourth-order valence-electron chi connectivity index (χ4n) is 3.41. The van der Waals surface area contributed by atoms with Crippen LogP contribution < -0.4 is 4.74 Å². The van der Waals surface area contributed by atoms with Crippen LogP contribution in [0.15, 0.2) is 18.3 Å². The molecule has 0 aliphatic carbocycles. The molecule has 0 radical (unpaired) electrons. The van der Waals surface area contributed by atoms with Crippen LogP contribution in [0.25, 0.3) is 0 Å². The lowest BCUT2D eigenvalue weighted by atomic mass is 9.81. The topological polar surface area (TPSA) is 59.4 Å². The molecule has 3 heterocycles. The van der Waals surface area contributed by atoms with Crippen molar-refractivity contribution in [3.05, 3.63) is 23.9 Å². The largest absolute Gasteiger partial charge is 0.478 e. The summed E-state index contributed by atoms with van der Waals surface area (Å²) in [5.41, 5.74) is -0.0453. The number of nitrogens with zero attached hydrogens (tertiary/aromatic N) is 1. The molecule has 20 heavy (non-hydrogen) atoms. The second-order valence-corrected chi connectivity index (χ2v) is 7.75. The summed E-state index contributed by atoms with van der Waals surface area (Å²) in [5.74, 6) is 0.583. The monoisotopic (exact) mass is 295 g/mol. The molecule has 1 aromatic rings. The minimum Gasteiger partial charge on any atom is -0.478 e. The van der Waals surface area contributed by atoms with Crippen molar-refractivity contribution in [3.63, 3.8) is 0 Å². The molecule has 2 fully saturated rings. The lowest BCUT2D eigenvalue weighted by Gasteiger charge is -2.43. The fourth-order valence-corrected chi connectivity index (χ4v) is 5.63. The molecule has 2 saturated heterocycles. The Balaban J connectivity index is 1.83. The molecule has 2 aliphatic heterocycles. The first kappa shape index (κ1) is 14.0. The first-order valence-electron chi connectivity index (χ1n) is 7.33. The van der Waals surface area contributed by atoms with E-state index >= 15 is 0 Å². The van der Waals surface area contributed by atoms with Gasteiger partial charge >= 0.3 is 0 Å². The summed E-state index contributed by atoms with van der Waals surface area (Å²) in [7, 11) is -0.769. The predicted octanol–water partition coefficient (Wildman–Crippen LogP) is 2.13. The minimum atomic E-state index is -0.874. The highest BCUT2D eigenvalue weighted by molar-refractivity contribution is 7.86. The van der Waals surface area contributed by atoms with E-state index in [1.54, 1.807) is 12.3 Å². The number of aromatic nitrogens is 1. The minimum absolute atomic E-state index is 0.138. The van der Waals surface area contributed by atoms with E-state index in [9.17, 15) is 9.32 Å². The summed E-state index contributed by atoms with van der Waals surface area (Å²) in [6.45, 7) is 2.50. The van der Waals surface area contributed by atoms with Crippen LogP contribution in [-0.2, 0) is 16.4 Å². The smallest absolute Gasteiger partial charge is 0.213 e. The first-order chi connectivity index (χ1) is 9.62. The van der Waals surface area contributed by atoms with E-state index in [4.69, 9.17) is 4.74 Å².